The Morgan fingerprint density at radius 3 is 2.32 bits per heavy atom. The molecule has 1 N–H and O–H groups in total. The Hall–Kier alpha value is 0.0300. The number of amides is 1. The Morgan fingerprint density at radius 2 is 1.73 bits per heavy atom. The Kier molecular flexibility index (Phi) is 7.32. The zero-order valence-electron chi connectivity index (χ0n) is 13.5. The summed E-state index contributed by atoms with van der Waals surface area (Å²) in [5.41, 5.74) is 0. The van der Waals surface area contributed by atoms with Crippen LogP contribution in [-0.2, 0) is 9.53 Å². The predicted molar refractivity (Wildman–Crippen MR) is 93.6 cm³/mol. The molecule has 0 aromatic heterocycles. The Balaban J connectivity index is 0.00000176. The summed E-state index contributed by atoms with van der Waals surface area (Å²) in [6.45, 7) is 4.08. The molecule has 0 aromatic carbocycles. The first kappa shape index (κ1) is 18.4. The van der Waals surface area contributed by atoms with E-state index >= 15 is 0 Å². The molecule has 1 atom stereocenters. The number of ether oxygens (including phenoxy) is 1. The molecule has 6 heteroatoms. The summed E-state index contributed by atoms with van der Waals surface area (Å²) >= 11 is 1.82. The lowest BCUT2D eigenvalue weighted by Crippen LogP contribution is -2.49. The second-order valence-electron chi connectivity index (χ2n) is 6.81. The molecule has 4 nitrogen and oxygen atoms in total. The molecule has 0 radical (unpaired) electrons. The molecule has 0 aromatic rings. The number of hydrogen-bond acceptors (Lipinski definition) is 4. The summed E-state index contributed by atoms with van der Waals surface area (Å²) in [6.07, 6.45) is 7.95. The van der Waals surface area contributed by atoms with E-state index in [9.17, 15) is 4.79 Å². The number of piperidine rings is 1. The Labute approximate surface area is 144 Å². The van der Waals surface area contributed by atoms with Gasteiger partial charge in [0.25, 0.3) is 0 Å². The van der Waals surface area contributed by atoms with Crippen LogP contribution in [0.2, 0.25) is 0 Å². The minimum Gasteiger partial charge on any atom is -0.375 e. The van der Waals surface area contributed by atoms with Crippen molar-refractivity contribution in [3.05, 3.63) is 0 Å². The third-order valence-electron chi connectivity index (χ3n) is 5.12. The number of carbonyl (C=O) groups is 1. The van der Waals surface area contributed by atoms with Gasteiger partial charge in [-0.05, 0) is 44.4 Å². The van der Waals surface area contributed by atoms with E-state index < -0.39 is 0 Å². The maximum absolute atomic E-state index is 12.3. The lowest BCUT2D eigenvalue weighted by atomic mass is 9.88. The highest BCUT2D eigenvalue weighted by molar-refractivity contribution is 7.99. The van der Waals surface area contributed by atoms with Gasteiger partial charge in [0.05, 0.1) is 18.2 Å². The number of nitrogens with one attached hydrogen (secondary N) is 1. The minimum atomic E-state index is 0. The number of likely N-dealkylation sites (tertiary alicyclic amines) is 1. The zero-order chi connectivity index (χ0) is 14.7. The maximum atomic E-state index is 12.3. The molecule has 1 amide bonds. The van der Waals surface area contributed by atoms with Gasteiger partial charge in [0.2, 0.25) is 5.91 Å². The topological polar surface area (TPSA) is 41.6 Å². The molecule has 2 saturated heterocycles. The molecule has 3 aliphatic rings. The van der Waals surface area contributed by atoms with Gasteiger partial charge in [-0.2, -0.15) is 0 Å². The SMILES string of the molecule is CC1CCC(OC2CCN(C(=O)C3CSCN3)CC2)CC1.Cl. The van der Waals surface area contributed by atoms with Crippen molar-refractivity contribution in [2.75, 3.05) is 24.7 Å². The molecule has 2 heterocycles. The lowest BCUT2D eigenvalue weighted by molar-refractivity contribution is -0.136. The highest BCUT2D eigenvalue weighted by Crippen LogP contribution is 2.28. The molecule has 128 valence electrons. The number of rotatable bonds is 3. The van der Waals surface area contributed by atoms with E-state index in [4.69, 9.17) is 4.74 Å². The van der Waals surface area contributed by atoms with Crippen molar-refractivity contribution in [2.24, 2.45) is 5.92 Å². The molecule has 22 heavy (non-hydrogen) atoms. The minimum absolute atomic E-state index is 0. The van der Waals surface area contributed by atoms with E-state index in [1.807, 2.05) is 16.7 Å². The number of carbonyl (C=O) groups excluding carboxylic acids is 1. The summed E-state index contributed by atoms with van der Waals surface area (Å²) in [7, 11) is 0. The van der Waals surface area contributed by atoms with Crippen molar-refractivity contribution in [2.45, 2.75) is 63.7 Å². The van der Waals surface area contributed by atoms with Crippen molar-refractivity contribution < 1.29 is 9.53 Å². The predicted octanol–water partition coefficient (Wildman–Crippen LogP) is 2.66. The molecule has 0 spiro atoms. The van der Waals surface area contributed by atoms with E-state index in [-0.39, 0.29) is 18.4 Å². The first-order valence-corrected chi connectivity index (χ1v) is 9.63. The normalized spacial score (nSPS) is 33.5. The van der Waals surface area contributed by atoms with Gasteiger partial charge in [-0.1, -0.05) is 6.92 Å². The van der Waals surface area contributed by atoms with Crippen LogP contribution in [0.5, 0.6) is 0 Å². The van der Waals surface area contributed by atoms with Gasteiger partial charge in [-0.3, -0.25) is 10.1 Å². The van der Waals surface area contributed by atoms with Crippen molar-refractivity contribution in [3.63, 3.8) is 0 Å². The van der Waals surface area contributed by atoms with E-state index in [1.54, 1.807) is 0 Å². The second-order valence-corrected chi connectivity index (χ2v) is 7.84. The van der Waals surface area contributed by atoms with Crippen LogP contribution in [0.3, 0.4) is 0 Å². The summed E-state index contributed by atoms with van der Waals surface area (Å²) in [5.74, 6) is 3.01. The van der Waals surface area contributed by atoms with Crippen LogP contribution >= 0.6 is 24.2 Å². The van der Waals surface area contributed by atoms with Gasteiger partial charge in [0.1, 0.15) is 0 Å². The van der Waals surface area contributed by atoms with Crippen LogP contribution in [0.1, 0.15) is 45.4 Å². The largest absolute Gasteiger partial charge is 0.375 e. The van der Waals surface area contributed by atoms with Crippen LogP contribution in [0.4, 0.5) is 0 Å². The molecular formula is C16H29ClN2O2S. The Morgan fingerprint density at radius 1 is 1.09 bits per heavy atom. The molecule has 2 aliphatic heterocycles. The fourth-order valence-electron chi connectivity index (χ4n) is 3.62. The Bertz CT molecular complexity index is 350. The van der Waals surface area contributed by atoms with Gasteiger partial charge < -0.3 is 9.64 Å². The molecule has 1 unspecified atom stereocenters. The molecule has 3 rings (SSSR count). The van der Waals surface area contributed by atoms with Gasteiger partial charge in [-0.15, -0.1) is 24.2 Å². The van der Waals surface area contributed by atoms with Gasteiger partial charge >= 0.3 is 0 Å². The van der Waals surface area contributed by atoms with Crippen LogP contribution < -0.4 is 5.32 Å². The fourth-order valence-corrected chi connectivity index (χ4v) is 4.56. The summed E-state index contributed by atoms with van der Waals surface area (Å²) in [6, 6.07) is 0.0484. The number of nitrogens with zero attached hydrogens (tertiary/aromatic N) is 1. The fraction of sp³-hybridized carbons (Fsp3) is 0.938. The standard InChI is InChI=1S/C16H28N2O2S.ClH/c1-12-2-4-13(5-3-12)20-14-6-8-18(9-7-14)16(19)15-10-21-11-17-15;/h12-15,17H,2-11H2,1H3;1H. The van der Waals surface area contributed by atoms with E-state index in [0.717, 1.165) is 43.5 Å². The van der Waals surface area contributed by atoms with Crippen LogP contribution in [0.15, 0.2) is 0 Å². The van der Waals surface area contributed by atoms with Gasteiger partial charge in [0, 0.05) is 24.7 Å². The monoisotopic (exact) mass is 348 g/mol. The summed E-state index contributed by atoms with van der Waals surface area (Å²) < 4.78 is 6.28. The molecule has 3 fully saturated rings. The third-order valence-corrected chi connectivity index (χ3v) is 6.06. The summed E-state index contributed by atoms with van der Waals surface area (Å²) in [5, 5.41) is 3.28. The van der Waals surface area contributed by atoms with Crippen LogP contribution in [0.25, 0.3) is 0 Å². The van der Waals surface area contributed by atoms with Gasteiger partial charge in [0.15, 0.2) is 0 Å². The first-order valence-electron chi connectivity index (χ1n) is 8.47. The van der Waals surface area contributed by atoms with E-state index in [1.165, 1.54) is 25.7 Å². The van der Waals surface area contributed by atoms with E-state index in [0.29, 0.717) is 18.1 Å². The smallest absolute Gasteiger partial charge is 0.240 e. The molecule has 0 bridgehead atoms. The average molecular weight is 349 g/mol. The van der Waals surface area contributed by atoms with Crippen molar-refractivity contribution in [1.82, 2.24) is 10.2 Å². The number of hydrogen-bond donors (Lipinski definition) is 1. The van der Waals surface area contributed by atoms with Crippen LogP contribution in [-0.4, -0.2) is 53.8 Å². The van der Waals surface area contributed by atoms with Crippen molar-refractivity contribution in [3.8, 4) is 0 Å². The molecule has 1 aliphatic carbocycles. The average Bonchev–Trinajstić information content (AvgIpc) is 3.04. The quantitative estimate of drug-likeness (QED) is 0.851. The highest BCUT2D eigenvalue weighted by atomic mass is 35.5. The molecular weight excluding hydrogens is 320 g/mol. The molecule has 1 saturated carbocycles. The number of halogens is 1. The highest BCUT2D eigenvalue weighted by Gasteiger charge is 2.31. The van der Waals surface area contributed by atoms with Crippen LogP contribution in [0, 0.1) is 5.92 Å². The third kappa shape index (κ3) is 4.76. The summed E-state index contributed by atoms with van der Waals surface area (Å²) in [4.78, 5) is 14.4. The second kappa shape index (κ2) is 8.76. The first-order chi connectivity index (χ1) is 10.2. The zero-order valence-corrected chi connectivity index (χ0v) is 15.1. The maximum Gasteiger partial charge on any atom is 0.240 e. The number of thioether (sulfide) groups is 1. The lowest BCUT2D eigenvalue weighted by Gasteiger charge is -2.36. The van der Waals surface area contributed by atoms with E-state index in [2.05, 4.69) is 12.2 Å². The van der Waals surface area contributed by atoms with Crippen molar-refractivity contribution >= 4 is 30.1 Å². The van der Waals surface area contributed by atoms with Crippen molar-refractivity contribution in [1.29, 1.82) is 0 Å². The van der Waals surface area contributed by atoms with Gasteiger partial charge in [-0.25, -0.2) is 0 Å².